The Morgan fingerprint density at radius 1 is 0.649 bits per heavy atom. The maximum Gasteiger partial charge on any atom is 0.407 e. The Labute approximate surface area is 229 Å². The van der Waals surface area contributed by atoms with Crippen molar-refractivity contribution in [2.24, 2.45) is 5.92 Å². The second-order valence-corrected chi connectivity index (χ2v) is 11.6. The van der Waals surface area contributed by atoms with Gasteiger partial charge in [-0.25, -0.2) is 4.79 Å². The fraction of sp³-hybridized carbons (Fsp3) is 0.935. The second-order valence-electron chi connectivity index (χ2n) is 11.6. The molecule has 0 bridgehead atoms. The number of rotatable bonds is 25. The number of esters is 1. The molecule has 220 valence electrons. The number of unbranched alkanes of at least 4 members (excludes halogenated alkanes) is 12. The first-order chi connectivity index (χ1) is 17.8. The van der Waals surface area contributed by atoms with E-state index in [1.165, 1.54) is 64.2 Å². The predicted octanol–water partition coefficient (Wildman–Crippen LogP) is 8.32. The van der Waals surface area contributed by atoms with E-state index in [1.807, 2.05) is 20.8 Å². The third kappa shape index (κ3) is 26.1. The van der Waals surface area contributed by atoms with Crippen molar-refractivity contribution >= 4 is 12.1 Å². The predicted molar refractivity (Wildman–Crippen MR) is 156 cm³/mol. The van der Waals surface area contributed by atoms with Gasteiger partial charge in [0.1, 0.15) is 5.60 Å². The van der Waals surface area contributed by atoms with E-state index in [0.717, 1.165) is 64.5 Å². The van der Waals surface area contributed by atoms with Crippen LogP contribution in [0, 0.1) is 5.92 Å². The van der Waals surface area contributed by atoms with Gasteiger partial charge in [0.25, 0.3) is 0 Å². The average Bonchev–Trinajstić information content (AvgIpc) is 2.84. The van der Waals surface area contributed by atoms with Crippen molar-refractivity contribution in [1.29, 1.82) is 0 Å². The topological polar surface area (TPSA) is 76.7 Å². The van der Waals surface area contributed by atoms with Gasteiger partial charge >= 0.3 is 12.1 Å². The minimum atomic E-state index is -0.451. The molecule has 6 nitrogen and oxygen atoms in total. The zero-order valence-electron chi connectivity index (χ0n) is 25.3. The van der Waals surface area contributed by atoms with E-state index in [4.69, 9.17) is 9.47 Å². The Balaban J connectivity index is 3.75. The van der Waals surface area contributed by atoms with Crippen LogP contribution >= 0.6 is 0 Å². The fourth-order valence-corrected chi connectivity index (χ4v) is 4.38. The summed E-state index contributed by atoms with van der Waals surface area (Å²) < 4.78 is 10.9. The van der Waals surface area contributed by atoms with Crippen LogP contribution in [-0.4, -0.2) is 43.9 Å². The largest absolute Gasteiger partial charge is 0.465 e. The molecule has 0 saturated carbocycles. The number of amides is 1. The molecule has 0 aromatic rings. The van der Waals surface area contributed by atoms with Gasteiger partial charge in [0.2, 0.25) is 0 Å². The van der Waals surface area contributed by atoms with Gasteiger partial charge < -0.3 is 20.1 Å². The maximum atomic E-state index is 12.7. The van der Waals surface area contributed by atoms with Crippen LogP contribution in [0.4, 0.5) is 4.79 Å². The minimum Gasteiger partial charge on any atom is -0.465 e. The van der Waals surface area contributed by atoms with E-state index in [2.05, 4.69) is 24.5 Å². The molecule has 0 spiro atoms. The molecule has 0 aromatic carbocycles. The summed E-state index contributed by atoms with van der Waals surface area (Å²) in [5.41, 5.74) is -0.451. The van der Waals surface area contributed by atoms with E-state index >= 15 is 0 Å². The molecule has 0 aliphatic rings. The van der Waals surface area contributed by atoms with Crippen LogP contribution in [0.15, 0.2) is 0 Å². The van der Waals surface area contributed by atoms with Gasteiger partial charge in [-0.2, -0.15) is 0 Å². The highest BCUT2D eigenvalue weighted by Crippen LogP contribution is 2.20. The van der Waals surface area contributed by atoms with Gasteiger partial charge in [-0.15, -0.1) is 0 Å². The quantitative estimate of drug-likeness (QED) is 0.0923. The third-order valence-corrected chi connectivity index (χ3v) is 6.59. The molecule has 0 radical (unpaired) electrons. The highest BCUT2D eigenvalue weighted by atomic mass is 16.6. The van der Waals surface area contributed by atoms with Crippen molar-refractivity contribution in [1.82, 2.24) is 10.6 Å². The van der Waals surface area contributed by atoms with Crippen LogP contribution in [0.3, 0.4) is 0 Å². The van der Waals surface area contributed by atoms with E-state index < -0.39 is 5.60 Å². The van der Waals surface area contributed by atoms with Crippen LogP contribution in [0.5, 0.6) is 0 Å². The minimum absolute atomic E-state index is 0.0513. The number of alkyl carbamates (subject to hydrolysis) is 1. The molecule has 0 aliphatic carbocycles. The number of carbonyl (C=O) groups is 2. The first kappa shape index (κ1) is 35.7. The first-order valence-corrected chi connectivity index (χ1v) is 15.6. The summed E-state index contributed by atoms with van der Waals surface area (Å²) in [7, 11) is 0. The highest BCUT2D eigenvalue weighted by molar-refractivity contribution is 5.72. The molecule has 0 aromatic heterocycles. The lowest BCUT2D eigenvalue weighted by Crippen LogP contribution is -2.34. The molecule has 37 heavy (non-hydrogen) atoms. The molecule has 6 heteroatoms. The Bertz CT molecular complexity index is 534. The van der Waals surface area contributed by atoms with Crippen LogP contribution in [0.25, 0.3) is 0 Å². The van der Waals surface area contributed by atoms with Crippen molar-refractivity contribution in [2.45, 2.75) is 156 Å². The molecule has 1 atom stereocenters. The molecule has 0 fully saturated rings. The van der Waals surface area contributed by atoms with Gasteiger partial charge in [-0.05, 0) is 66.0 Å². The molecule has 0 saturated heterocycles. The van der Waals surface area contributed by atoms with Gasteiger partial charge in [0.05, 0.1) is 12.5 Å². The number of hydrogen-bond acceptors (Lipinski definition) is 5. The second kappa shape index (κ2) is 25.0. The Kier molecular flexibility index (Phi) is 24.1. The average molecular weight is 527 g/mol. The standard InChI is InChI=1S/C31H62N2O4/c1-6-8-10-12-14-18-23-28(22-17-11-9-7-2)29(34)36-27-20-16-13-15-19-24-32-25-21-26-33-30(35)37-31(3,4)5/h28,32H,6-27H2,1-5H3,(H,33,35). The van der Waals surface area contributed by atoms with Gasteiger partial charge in [0.15, 0.2) is 0 Å². The van der Waals surface area contributed by atoms with Crippen molar-refractivity contribution in [3.63, 3.8) is 0 Å². The zero-order valence-corrected chi connectivity index (χ0v) is 25.3. The monoisotopic (exact) mass is 526 g/mol. The fourth-order valence-electron chi connectivity index (χ4n) is 4.38. The van der Waals surface area contributed by atoms with Gasteiger partial charge in [0, 0.05) is 6.54 Å². The number of nitrogens with one attached hydrogen (secondary N) is 2. The summed E-state index contributed by atoms with van der Waals surface area (Å²) in [6.07, 6.45) is 20.7. The zero-order chi connectivity index (χ0) is 27.6. The molecule has 1 amide bonds. The lowest BCUT2D eigenvalue weighted by molar-refractivity contribution is -0.149. The summed E-state index contributed by atoms with van der Waals surface area (Å²) in [4.78, 5) is 24.3. The van der Waals surface area contributed by atoms with Crippen molar-refractivity contribution < 1.29 is 19.1 Å². The van der Waals surface area contributed by atoms with Crippen molar-refractivity contribution in [3.05, 3.63) is 0 Å². The SMILES string of the molecule is CCCCCCCCC(CCCCCC)C(=O)OCCCCCCCNCCCNC(=O)OC(C)(C)C. The van der Waals surface area contributed by atoms with Crippen LogP contribution in [-0.2, 0) is 14.3 Å². The molecule has 0 aliphatic heterocycles. The molecular formula is C31H62N2O4. The van der Waals surface area contributed by atoms with Crippen molar-refractivity contribution in [3.8, 4) is 0 Å². The summed E-state index contributed by atoms with van der Waals surface area (Å²) in [5, 5.41) is 6.21. The van der Waals surface area contributed by atoms with E-state index in [1.54, 1.807) is 0 Å². The molecule has 0 rings (SSSR count). The third-order valence-electron chi connectivity index (χ3n) is 6.59. The van der Waals surface area contributed by atoms with Gasteiger partial charge in [-0.3, -0.25) is 4.79 Å². The van der Waals surface area contributed by atoms with Gasteiger partial charge in [-0.1, -0.05) is 97.3 Å². The Hall–Kier alpha value is -1.30. The summed E-state index contributed by atoms with van der Waals surface area (Å²) in [6.45, 7) is 13.2. The number of hydrogen-bond donors (Lipinski definition) is 2. The number of ether oxygens (including phenoxy) is 2. The smallest absolute Gasteiger partial charge is 0.407 e. The lowest BCUT2D eigenvalue weighted by Gasteiger charge is -2.19. The van der Waals surface area contributed by atoms with E-state index in [-0.39, 0.29) is 18.0 Å². The summed E-state index contributed by atoms with van der Waals surface area (Å²) in [6, 6.07) is 0. The van der Waals surface area contributed by atoms with Crippen LogP contribution < -0.4 is 10.6 Å². The Morgan fingerprint density at radius 3 is 1.78 bits per heavy atom. The molecule has 0 heterocycles. The Morgan fingerprint density at radius 2 is 1.16 bits per heavy atom. The maximum absolute atomic E-state index is 12.7. The normalized spacial score (nSPS) is 12.4. The lowest BCUT2D eigenvalue weighted by atomic mass is 9.94. The van der Waals surface area contributed by atoms with Crippen LogP contribution in [0.2, 0.25) is 0 Å². The first-order valence-electron chi connectivity index (χ1n) is 15.6. The summed E-state index contributed by atoms with van der Waals surface area (Å²) in [5.74, 6) is 0.156. The van der Waals surface area contributed by atoms with Crippen molar-refractivity contribution in [2.75, 3.05) is 26.2 Å². The molecule has 1 unspecified atom stereocenters. The van der Waals surface area contributed by atoms with E-state index in [0.29, 0.717) is 13.2 Å². The van der Waals surface area contributed by atoms with Crippen LogP contribution in [0.1, 0.15) is 150 Å². The molecule has 2 N–H and O–H groups in total. The molecular weight excluding hydrogens is 464 g/mol. The van der Waals surface area contributed by atoms with E-state index in [9.17, 15) is 9.59 Å². The summed E-state index contributed by atoms with van der Waals surface area (Å²) >= 11 is 0. The number of carbonyl (C=O) groups excluding carboxylic acids is 2. The highest BCUT2D eigenvalue weighted by Gasteiger charge is 2.19.